The molecule has 1 atom stereocenters. The molecule has 30 heavy (non-hydrogen) atoms. The van der Waals surface area contributed by atoms with E-state index in [1.807, 2.05) is 0 Å². The first-order chi connectivity index (χ1) is 14.6. The number of carbonyl (C=O) groups is 2. The zero-order valence-corrected chi connectivity index (χ0v) is 16.9. The fourth-order valence-electron chi connectivity index (χ4n) is 3.91. The van der Waals surface area contributed by atoms with Crippen molar-refractivity contribution in [1.29, 1.82) is 0 Å². The fraction of sp³-hybridized carbons (Fsp3) is 0.391. The normalized spacial score (nSPS) is 19.2. The number of anilines is 1. The number of carbonyl (C=O) groups excluding carboxylic acids is 2. The molecule has 0 bridgehead atoms. The number of urea groups is 1. The van der Waals surface area contributed by atoms with Crippen LogP contribution >= 0.6 is 0 Å². The van der Waals surface area contributed by atoms with Gasteiger partial charge in [-0.05, 0) is 49.6 Å². The Morgan fingerprint density at radius 1 is 1.10 bits per heavy atom. The number of nitrogens with one attached hydrogen (secondary N) is 1. The lowest BCUT2D eigenvalue weighted by atomic mass is 10.1. The minimum Gasteiger partial charge on any atom is -0.376 e. The fourth-order valence-corrected chi connectivity index (χ4v) is 3.91. The molecule has 158 valence electrons. The van der Waals surface area contributed by atoms with Crippen LogP contribution in [-0.2, 0) is 11.3 Å². The van der Waals surface area contributed by atoms with Crippen molar-refractivity contribution in [3.8, 4) is 0 Å². The third-order valence-electron chi connectivity index (χ3n) is 5.59. The van der Waals surface area contributed by atoms with E-state index in [4.69, 9.17) is 4.74 Å². The summed E-state index contributed by atoms with van der Waals surface area (Å²) in [6, 6.07) is 13.4. The number of rotatable bonds is 6. The average molecular weight is 411 g/mol. The van der Waals surface area contributed by atoms with Crippen LogP contribution in [0.4, 0.5) is 14.9 Å². The van der Waals surface area contributed by atoms with E-state index < -0.39 is 0 Å². The van der Waals surface area contributed by atoms with Crippen LogP contribution in [0.15, 0.2) is 48.5 Å². The first kappa shape index (κ1) is 20.3. The highest BCUT2D eigenvalue weighted by atomic mass is 19.1. The van der Waals surface area contributed by atoms with Crippen LogP contribution in [0.3, 0.4) is 0 Å². The van der Waals surface area contributed by atoms with Crippen LogP contribution in [0, 0.1) is 5.82 Å². The zero-order valence-electron chi connectivity index (χ0n) is 16.9. The van der Waals surface area contributed by atoms with Crippen molar-refractivity contribution in [2.24, 2.45) is 0 Å². The van der Waals surface area contributed by atoms with E-state index in [1.54, 1.807) is 52.3 Å². The lowest BCUT2D eigenvalue weighted by Gasteiger charge is -2.35. The number of amides is 3. The highest BCUT2D eigenvalue weighted by Gasteiger charge is 2.27. The van der Waals surface area contributed by atoms with Gasteiger partial charge in [0.05, 0.1) is 12.6 Å². The standard InChI is InChI=1S/C23H26FN3O3/c24-21-7-2-1-5-18(21)16-26-12-4-13-27(23(26)29)19-10-8-17(9-11-19)22(28)25-15-20-6-3-14-30-20/h1-2,5,7-11,20H,3-4,6,12-16H2,(H,25,28). The molecule has 2 aliphatic heterocycles. The van der Waals surface area contributed by atoms with Gasteiger partial charge in [0.1, 0.15) is 5.82 Å². The molecule has 0 spiro atoms. The molecule has 0 saturated carbocycles. The lowest BCUT2D eigenvalue weighted by Crippen LogP contribution is -2.49. The summed E-state index contributed by atoms with van der Waals surface area (Å²) in [5.74, 6) is -0.455. The van der Waals surface area contributed by atoms with Crippen molar-refractivity contribution in [3.63, 3.8) is 0 Å². The predicted octanol–water partition coefficient (Wildman–Crippen LogP) is 3.57. The molecule has 1 N–H and O–H groups in total. The number of halogens is 1. The van der Waals surface area contributed by atoms with E-state index in [0.717, 1.165) is 31.6 Å². The zero-order chi connectivity index (χ0) is 20.9. The van der Waals surface area contributed by atoms with Crippen molar-refractivity contribution >= 4 is 17.6 Å². The summed E-state index contributed by atoms with van der Waals surface area (Å²) >= 11 is 0. The van der Waals surface area contributed by atoms with Gasteiger partial charge in [-0.2, -0.15) is 0 Å². The molecule has 2 fully saturated rings. The van der Waals surface area contributed by atoms with Crippen molar-refractivity contribution in [2.45, 2.75) is 31.9 Å². The van der Waals surface area contributed by atoms with Crippen molar-refractivity contribution in [1.82, 2.24) is 10.2 Å². The number of benzene rings is 2. The Hall–Kier alpha value is -2.93. The molecule has 2 aromatic rings. The highest BCUT2D eigenvalue weighted by molar-refractivity contribution is 5.96. The van der Waals surface area contributed by atoms with E-state index in [9.17, 15) is 14.0 Å². The summed E-state index contributed by atoms with van der Waals surface area (Å²) in [6.45, 7) is 2.69. The SMILES string of the molecule is O=C(NCC1CCCO1)c1ccc(N2CCCN(Cc3ccccc3F)C2=O)cc1. The molecule has 4 rings (SSSR count). The average Bonchev–Trinajstić information content (AvgIpc) is 3.29. The molecule has 2 heterocycles. The second-order valence-corrected chi connectivity index (χ2v) is 7.69. The van der Waals surface area contributed by atoms with Crippen LogP contribution in [0.25, 0.3) is 0 Å². The smallest absolute Gasteiger partial charge is 0.324 e. The Morgan fingerprint density at radius 2 is 1.90 bits per heavy atom. The molecule has 3 amide bonds. The second-order valence-electron chi connectivity index (χ2n) is 7.69. The maximum absolute atomic E-state index is 14.0. The predicted molar refractivity (Wildman–Crippen MR) is 112 cm³/mol. The summed E-state index contributed by atoms with van der Waals surface area (Å²) in [7, 11) is 0. The molecule has 2 saturated heterocycles. The molecule has 0 radical (unpaired) electrons. The van der Waals surface area contributed by atoms with E-state index in [2.05, 4.69) is 5.32 Å². The first-order valence-electron chi connectivity index (χ1n) is 10.4. The Morgan fingerprint density at radius 3 is 2.63 bits per heavy atom. The number of hydrogen-bond donors (Lipinski definition) is 1. The molecule has 7 heteroatoms. The topological polar surface area (TPSA) is 61.9 Å². The molecular formula is C23H26FN3O3. The minimum absolute atomic E-state index is 0.0969. The van der Waals surface area contributed by atoms with E-state index >= 15 is 0 Å². The van der Waals surface area contributed by atoms with Gasteiger partial charge in [0.25, 0.3) is 5.91 Å². The lowest BCUT2D eigenvalue weighted by molar-refractivity contribution is 0.0858. The van der Waals surface area contributed by atoms with Gasteiger partial charge in [-0.1, -0.05) is 18.2 Å². The van der Waals surface area contributed by atoms with Crippen molar-refractivity contribution in [2.75, 3.05) is 31.1 Å². The first-order valence-corrected chi connectivity index (χ1v) is 10.4. The maximum Gasteiger partial charge on any atom is 0.324 e. The Kier molecular flexibility index (Phi) is 6.28. The molecule has 0 aromatic heterocycles. The van der Waals surface area contributed by atoms with Gasteiger partial charge in [-0.15, -0.1) is 0 Å². The Bertz CT molecular complexity index is 897. The molecule has 0 aliphatic carbocycles. The molecule has 2 aliphatic rings. The summed E-state index contributed by atoms with van der Waals surface area (Å²) in [5.41, 5.74) is 1.78. The van der Waals surface area contributed by atoms with E-state index in [0.29, 0.717) is 30.8 Å². The van der Waals surface area contributed by atoms with Crippen molar-refractivity contribution < 1.29 is 18.7 Å². The third kappa shape index (κ3) is 4.62. The van der Waals surface area contributed by atoms with Crippen LogP contribution in [0.2, 0.25) is 0 Å². The van der Waals surface area contributed by atoms with Gasteiger partial charge >= 0.3 is 6.03 Å². The summed E-state index contributed by atoms with van der Waals surface area (Å²) < 4.78 is 19.5. The van der Waals surface area contributed by atoms with Crippen LogP contribution in [-0.4, -0.2) is 49.2 Å². The van der Waals surface area contributed by atoms with Crippen LogP contribution < -0.4 is 10.2 Å². The third-order valence-corrected chi connectivity index (χ3v) is 5.59. The van der Waals surface area contributed by atoms with Gasteiger partial charge < -0.3 is 15.0 Å². The van der Waals surface area contributed by atoms with Gasteiger partial charge in [-0.25, -0.2) is 9.18 Å². The Labute approximate surface area is 175 Å². The molecular weight excluding hydrogens is 385 g/mol. The number of hydrogen-bond acceptors (Lipinski definition) is 3. The van der Waals surface area contributed by atoms with Crippen LogP contribution in [0.1, 0.15) is 35.2 Å². The summed E-state index contributed by atoms with van der Waals surface area (Å²) in [5, 5.41) is 2.90. The van der Waals surface area contributed by atoms with Crippen LogP contribution in [0.5, 0.6) is 0 Å². The second kappa shape index (κ2) is 9.26. The monoisotopic (exact) mass is 411 g/mol. The highest BCUT2D eigenvalue weighted by Crippen LogP contribution is 2.23. The van der Waals surface area contributed by atoms with Crippen molar-refractivity contribution in [3.05, 3.63) is 65.5 Å². The van der Waals surface area contributed by atoms with Gasteiger partial charge in [0, 0.05) is 43.1 Å². The van der Waals surface area contributed by atoms with E-state index in [1.165, 1.54) is 6.07 Å². The maximum atomic E-state index is 14.0. The van der Waals surface area contributed by atoms with Gasteiger partial charge in [-0.3, -0.25) is 9.69 Å². The molecule has 1 unspecified atom stereocenters. The number of ether oxygens (including phenoxy) is 1. The summed E-state index contributed by atoms with van der Waals surface area (Å²) in [4.78, 5) is 28.6. The summed E-state index contributed by atoms with van der Waals surface area (Å²) in [6.07, 6.45) is 2.90. The molecule has 2 aromatic carbocycles. The molecule has 6 nitrogen and oxygen atoms in total. The van der Waals surface area contributed by atoms with Gasteiger partial charge in [0.2, 0.25) is 0 Å². The minimum atomic E-state index is -0.305. The van der Waals surface area contributed by atoms with Gasteiger partial charge in [0.15, 0.2) is 0 Å². The number of nitrogens with zero attached hydrogens (tertiary/aromatic N) is 2. The quantitative estimate of drug-likeness (QED) is 0.791. The Balaban J connectivity index is 1.38. The van der Waals surface area contributed by atoms with E-state index in [-0.39, 0.29) is 30.4 Å². The largest absolute Gasteiger partial charge is 0.376 e.